The second-order valence-corrected chi connectivity index (χ2v) is 5.82. The number of unbranched alkanes of at least 4 members (excludes halogenated alkanes) is 1. The molecule has 0 aliphatic rings. The summed E-state index contributed by atoms with van der Waals surface area (Å²) in [5.74, 6) is -0.461. The molecule has 2 aromatic rings. The number of nitrogens with two attached hydrogens (primary N) is 1. The zero-order valence-corrected chi connectivity index (χ0v) is 14.4. The van der Waals surface area contributed by atoms with E-state index in [1.54, 1.807) is 42.6 Å². The Kier molecular flexibility index (Phi) is 7.10. The van der Waals surface area contributed by atoms with Crippen LogP contribution in [0.4, 0.5) is 5.69 Å². The quantitative estimate of drug-likeness (QED) is 0.688. The molecule has 0 fully saturated rings. The number of pyridine rings is 1. The molecule has 2 rings (SSSR count). The van der Waals surface area contributed by atoms with Crippen LogP contribution in [-0.4, -0.2) is 29.4 Å². The van der Waals surface area contributed by atoms with Crippen LogP contribution in [0.25, 0.3) is 0 Å². The molecule has 1 atom stereocenters. The fraction of sp³-hybridized carbons (Fsp3) is 0.316. The molecule has 0 bridgehead atoms. The van der Waals surface area contributed by atoms with Gasteiger partial charge in [0, 0.05) is 36.2 Å². The lowest BCUT2D eigenvalue weighted by Crippen LogP contribution is -2.40. The molecule has 132 valence electrons. The molecule has 6 nitrogen and oxygen atoms in total. The summed E-state index contributed by atoms with van der Waals surface area (Å²) < 4.78 is 0. The monoisotopic (exact) mass is 340 g/mol. The number of nitrogens with one attached hydrogen (secondary N) is 2. The Morgan fingerprint density at radius 2 is 1.96 bits per heavy atom. The van der Waals surface area contributed by atoms with Gasteiger partial charge in [-0.25, -0.2) is 0 Å². The Bertz CT molecular complexity index is 704. The van der Waals surface area contributed by atoms with E-state index < -0.39 is 0 Å². The van der Waals surface area contributed by atoms with E-state index in [4.69, 9.17) is 5.73 Å². The zero-order valence-electron chi connectivity index (χ0n) is 14.4. The molecule has 0 spiro atoms. The predicted molar refractivity (Wildman–Crippen MR) is 98.5 cm³/mol. The lowest BCUT2D eigenvalue weighted by Gasteiger charge is -2.16. The molecular formula is C19H24N4O2. The first kappa shape index (κ1) is 18.6. The van der Waals surface area contributed by atoms with Crippen LogP contribution in [0.1, 0.15) is 46.9 Å². The number of hydrogen-bond acceptors (Lipinski definition) is 4. The fourth-order valence-corrected chi connectivity index (χ4v) is 2.41. The second-order valence-electron chi connectivity index (χ2n) is 5.82. The van der Waals surface area contributed by atoms with Gasteiger partial charge in [0.25, 0.3) is 11.8 Å². The van der Waals surface area contributed by atoms with Gasteiger partial charge in [-0.2, -0.15) is 0 Å². The maximum absolute atomic E-state index is 12.4. The number of amides is 2. The number of nitrogens with zero attached hydrogens (tertiary/aromatic N) is 1. The molecule has 6 heteroatoms. The average molecular weight is 340 g/mol. The van der Waals surface area contributed by atoms with Crippen molar-refractivity contribution in [3.05, 3.63) is 59.9 Å². The van der Waals surface area contributed by atoms with Crippen molar-refractivity contribution in [2.75, 3.05) is 11.9 Å². The molecule has 4 N–H and O–H groups in total. The molecule has 25 heavy (non-hydrogen) atoms. The molecule has 0 saturated heterocycles. The molecule has 0 radical (unpaired) electrons. The van der Waals surface area contributed by atoms with E-state index in [0.717, 1.165) is 19.3 Å². The SMILES string of the molecule is CCCCC(CN)NC(=O)c1cccc(NC(=O)c2cccnc2)c1. The number of hydrogen-bond donors (Lipinski definition) is 3. The van der Waals surface area contributed by atoms with Crippen molar-refractivity contribution in [1.82, 2.24) is 10.3 Å². The normalized spacial score (nSPS) is 11.6. The average Bonchev–Trinajstić information content (AvgIpc) is 2.65. The number of rotatable bonds is 8. The number of benzene rings is 1. The van der Waals surface area contributed by atoms with Crippen LogP contribution in [0.5, 0.6) is 0 Å². The van der Waals surface area contributed by atoms with Gasteiger partial charge in [-0.3, -0.25) is 14.6 Å². The van der Waals surface area contributed by atoms with Crippen LogP contribution in [0.3, 0.4) is 0 Å². The summed E-state index contributed by atoms with van der Waals surface area (Å²) in [6, 6.07) is 10.2. The minimum Gasteiger partial charge on any atom is -0.348 e. The lowest BCUT2D eigenvalue weighted by atomic mass is 10.1. The van der Waals surface area contributed by atoms with E-state index >= 15 is 0 Å². The first-order valence-corrected chi connectivity index (χ1v) is 8.46. The summed E-state index contributed by atoms with van der Waals surface area (Å²) >= 11 is 0. The van der Waals surface area contributed by atoms with Gasteiger partial charge in [0.1, 0.15) is 0 Å². The first-order valence-electron chi connectivity index (χ1n) is 8.46. The van der Waals surface area contributed by atoms with E-state index in [2.05, 4.69) is 22.5 Å². The maximum Gasteiger partial charge on any atom is 0.257 e. The summed E-state index contributed by atoms with van der Waals surface area (Å²) in [6.45, 7) is 2.51. The molecule has 1 heterocycles. The summed E-state index contributed by atoms with van der Waals surface area (Å²) in [6.07, 6.45) is 6.03. The minimum absolute atomic E-state index is 0.0407. The van der Waals surface area contributed by atoms with Crippen LogP contribution >= 0.6 is 0 Å². The predicted octanol–water partition coefficient (Wildman–Crippen LogP) is 2.58. The van der Waals surface area contributed by atoms with Crippen LogP contribution in [0.15, 0.2) is 48.8 Å². The minimum atomic E-state index is -0.270. The molecule has 1 aromatic carbocycles. The van der Waals surface area contributed by atoms with Gasteiger partial charge in [0.2, 0.25) is 0 Å². The van der Waals surface area contributed by atoms with Gasteiger partial charge in [-0.05, 0) is 36.8 Å². The Morgan fingerprint density at radius 3 is 2.64 bits per heavy atom. The van der Waals surface area contributed by atoms with E-state index in [1.165, 1.54) is 6.20 Å². The van der Waals surface area contributed by atoms with Crippen molar-refractivity contribution < 1.29 is 9.59 Å². The highest BCUT2D eigenvalue weighted by atomic mass is 16.2. The smallest absolute Gasteiger partial charge is 0.257 e. The number of anilines is 1. The van der Waals surface area contributed by atoms with Crippen LogP contribution in [-0.2, 0) is 0 Å². The van der Waals surface area contributed by atoms with Gasteiger partial charge in [0.05, 0.1) is 5.56 Å². The second kappa shape index (κ2) is 9.54. The summed E-state index contributed by atoms with van der Waals surface area (Å²) in [5, 5.41) is 5.71. The molecule has 1 aromatic heterocycles. The van der Waals surface area contributed by atoms with Crippen molar-refractivity contribution in [1.29, 1.82) is 0 Å². The number of aromatic nitrogens is 1. The van der Waals surface area contributed by atoms with Gasteiger partial charge in [0.15, 0.2) is 0 Å². The third kappa shape index (κ3) is 5.69. The Balaban J connectivity index is 2.02. The largest absolute Gasteiger partial charge is 0.348 e. The van der Waals surface area contributed by atoms with Crippen molar-refractivity contribution in [2.45, 2.75) is 32.2 Å². The molecule has 2 amide bonds. The number of carbonyl (C=O) groups excluding carboxylic acids is 2. The molecule has 0 aliphatic carbocycles. The molecular weight excluding hydrogens is 316 g/mol. The van der Waals surface area contributed by atoms with E-state index in [-0.39, 0.29) is 17.9 Å². The third-order valence-electron chi connectivity index (χ3n) is 3.83. The van der Waals surface area contributed by atoms with Crippen LogP contribution in [0.2, 0.25) is 0 Å². The van der Waals surface area contributed by atoms with Crippen molar-refractivity contribution >= 4 is 17.5 Å². The van der Waals surface area contributed by atoms with E-state index in [1.807, 2.05) is 0 Å². The molecule has 1 unspecified atom stereocenters. The van der Waals surface area contributed by atoms with Crippen LogP contribution < -0.4 is 16.4 Å². The first-order chi connectivity index (χ1) is 12.1. The lowest BCUT2D eigenvalue weighted by molar-refractivity contribution is 0.0934. The third-order valence-corrected chi connectivity index (χ3v) is 3.83. The highest BCUT2D eigenvalue weighted by molar-refractivity contribution is 6.04. The standard InChI is InChI=1S/C19H24N4O2/c1-2-3-8-17(12-20)23-18(24)14-6-4-9-16(11-14)22-19(25)15-7-5-10-21-13-15/h4-7,9-11,13,17H,2-3,8,12,20H2,1H3,(H,22,25)(H,23,24). The Labute approximate surface area is 147 Å². The summed E-state index contributed by atoms with van der Waals surface area (Å²) in [5.41, 5.74) is 7.22. The summed E-state index contributed by atoms with van der Waals surface area (Å²) in [4.78, 5) is 28.5. The van der Waals surface area contributed by atoms with E-state index in [0.29, 0.717) is 23.4 Å². The fourth-order valence-electron chi connectivity index (χ4n) is 2.41. The number of carbonyl (C=O) groups is 2. The topological polar surface area (TPSA) is 97.1 Å². The van der Waals surface area contributed by atoms with E-state index in [9.17, 15) is 9.59 Å². The molecule has 0 saturated carbocycles. The van der Waals surface area contributed by atoms with Crippen LogP contribution in [0, 0.1) is 0 Å². The maximum atomic E-state index is 12.4. The molecule has 0 aliphatic heterocycles. The van der Waals surface area contributed by atoms with Gasteiger partial charge >= 0.3 is 0 Å². The van der Waals surface area contributed by atoms with Crippen molar-refractivity contribution in [3.8, 4) is 0 Å². The van der Waals surface area contributed by atoms with Gasteiger partial charge in [-0.1, -0.05) is 25.8 Å². The summed E-state index contributed by atoms with van der Waals surface area (Å²) in [7, 11) is 0. The highest BCUT2D eigenvalue weighted by Gasteiger charge is 2.13. The van der Waals surface area contributed by atoms with Crippen molar-refractivity contribution in [3.63, 3.8) is 0 Å². The van der Waals surface area contributed by atoms with Crippen molar-refractivity contribution in [2.24, 2.45) is 5.73 Å². The van der Waals surface area contributed by atoms with Gasteiger partial charge < -0.3 is 16.4 Å². The Morgan fingerprint density at radius 1 is 1.16 bits per heavy atom. The highest BCUT2D eigenvalue weighted by Crippen LogP contribution is 2.13. The zero-order chi connectivity index (χ0) is 18.1. The van der Waals surface area contributed by atoms with Gasteiger partial charge in [-0.15, -0.1) is 0 Å². The Hall–Kier alpha value is -2.73.